The van der Waals surface area contributed by atoms with Crippen molar-refractivity contribution in [2.75, 3.05) is 18.5 Å². The second kappa shape index (κ2) is 8.53. The lowest BCUT2D eigenvalue weighted by molar-refractivity contribution is -0.116. The molecule has 0 atom stereocenters. The van der Waals surface area contributed by atoms with Crippen LogP contribution in [0.1, 0.15) is 32.6 Å². The molecule has 3 N–H and O–H groups in total. The topological polar surface area (TPSA) is 64.3 Å². The first kappa shape index (κ1) is 14.5. The number of hydrogen-bond acceptors (Lipinski definition) is 3. The first-order valence-corrected chi connectivity index (χ1v) is 6.49. The molecule has 0 spiro atoms. The second-order valence-corrected chi connectivity index (χ2v) is 4.17. The Bertz CT molecular complexity index is 367. The van der Waals surface area contributed by atoms with Crippen LogP contribution in [0.5, 0.6) is 5.75 Å². The molecule has 1 amide bonds. The molecule has 4 heteroatoms. The number of ether oxygens (including phenoxy) is 1. The number of benzene rings is 1. The molecule has 0 fully saturated rings. The Morgan fingerprint density at radius 3 is 2.94 bits per heavy atom. The van der Waals surface area contributed by atoms with E-state index in [9.17, 15) is 4.79 Å². The molecule has 1 rings (SSSR count). The predicted molar refractivity (Wildman–Crippen MR) is 73.8 cm³/mol. The fraction of sp³-hybridized carbons (Fsp3) is 0.500. The Kier molecular flexibility index (Phi) is 6.87. The van der Waals surface area contributed by atoms with Crippen molar-refractivity contribution in [3.8, 4) is 5.75 Å². The van der Waals surface area contributed by atoms with E-state index in [0.717, 1.165) is 30.7 Å². The fourth-order valence-electron chi connectivity index (χ4n) is 1.54. The molecule has 0 aliphatic heterocycles. The third-order valence-corrected chi connectivity index (χ3v) is 2.45. The van der Waals surface area contributed by atoms with Crippen molar-refractivity contribution in [2.24, 2.45) is 5.73 Å². The van der Waals surface area contributed by atoms with Crippen molar-refractivity contribution in [1.29, 1.82) is 0 Å². The fourth-order valence-corrected chi connectivity index (χ4v) is 1.54. The second-order valence-electron chi connectivity index (χ2n) is 4.17. The van der Waals surface area contributed by atoms with E-state index in [1.807, 2.05) is 24.3 Å². The van der Waals surface area contributed by atoms with Crippen molar-refractivity contribution >= 4 is 11.6 Å². The van der Waals surface area contributed by atoms with Gasteiger partial charge in [0.1, 0.15) is 5.75 Å². The minimum Gasteiger partial charge on any atom is -0.494 e. The summed E-state index contributed by atoms with van der Waals surface area (Å²) in [6, 6.07) is 7.47. The van der Waals surface area contributed by atoms with Crippen LogP contribution < -0.4 is 15.8 Å². The number of nitrogens with two attached hydrogens (primary N) is 1. The van der Waals surface area contributed by atoms with Crippen LogP contribution >= 0.6 is 0 Å². The maximum absolute atomic E-state index is 11.6. The maximum Gasteiger partial charge on any atom is 0.224 e. The number of rotatable bonds is 8. The van der Waals surface area contributed by atoms with E-state index in [2.05, 4.69) is 12.2 Å². The number of anilines is 1. The summed E-state index contributed by atoms with van der Waals surface area (Å²) in [6.07, 6.45) is 3.19. The third kappa shape index (κ3) is 5.68. The normalized spacial score (nSPS) is 10.1. The zero-order chi connectivity index (χ0) is 13.2. The van der Waals surface area contributed by atoms with E-state index in [4.69, 9.17) is 10.5 Å². The van der Waals surface area contributed by atoms with E-state index < -0.39 is 0 Å². The quantitative estimate of drug-likeness (QED) is 0.697. The number of carbonyl (C=O) groups is 1. The lowest BCUT2D eigenvalue weighted by Gasteiger charge is -2.08. The van der Waals surface area contributed by atoms with Crippen molar-refractivity contribution in [3.63, 3.8) is 0 Å². The summed E-state index contributed by atoms with van der Waals surface area (Å²) in [7, 11) is 0. The molecule has 0 radical (unpaired) electrons. The Hall–Kier alpha value is -1.55. The van der Waals surface area contributed by atoms with Gasteiger partial charge in [0.05, 0.1) is 6.61 Å². The van der Waals surface area contributed by atoms with Crippen molar-refractivity contribution < 1.29 is 9.53 Å². The lowest BCUT2D eigenvalue weighted by atomic mass is 10.2. The van der Waals surface area contributed by atoms with Crippen LogP contribution in [0.3, 0.4) is 0 Å². The molecule has 100 valence electrons. The van der Waals surface area contributed by atoms with Crippen LogP contribution in [-0.4, -0.2) is 19.1 Å². The van der Waals surface area contributed by atoms with Crippen LogP contribution in [0.25, 0.3) is 0 Å². The molecule has 0 bridgehead atoms. The SMILES string of the molecule is CCCOc1cccc(NC(=O)CCCCN)c1. The summed E-state index contributed by atoms with van der Waals surface area (Å²) in [6.45, 7) is 3.38. The highest BCUT2D eigenvalue weighted by atomic mass is 16.5. The lowest BCUT2D eigenvalue weighted by Crippen LogP contribution is -2.12. The Morgan fingerprint density at radius 1 is 1.39 bits per heavy atom. The van der Waals surface area contributed by atoms with Gasteiger partial charge in [-0.3, -0.25) is 4.79 Å². The van der Waals surface area contributed by atoms with Gasteiger partial charge < -0.3 is 15.8 Å². The van der Waals surface area contributed by atoms with E-state index in [1.165, 1.54) is 0 Å². The Balaban J connectivity index is 2.43. The molecule has 4 nitrogen and oxygen atoms in total. The van der Waals surface area contributed by atoms with Gasteiger partial charge in [-0.25, -0.2) is 0 Å². The average molecular weight is 250 g/mol. The van der Waals surface area contributed by atoms with Crippen LogP contribution in [0.15, 0.2) is 24.3 Å². The molecule has 0 aliphatic carbocycles. The first-order chi connectivity index (χ1) is 8.76. The number of amides is 1. The number of unbranched alkanes of at least 4 members (excludes halogenated alkanes) is 1. The molecule has 0 saturated carbocycles. The van der Waals surface area contributed by atoms with Crippen LogP contribution in [-0.2, 0) is 4.79 Å². The minimum absolute atomic E-state index is 0.0242. The van der Waals surface area contributed by atoms with Crippen LogP contribution in [0.4, 0.5) is 5.69 Å². The Morgan fingerprint density at radius 2 is 2.22 bits per heavy atom. The van der Waals surface area contributed by atoms with E-state index >= 15 is 0 Å². The highest BCUT2D eigenvalue weighted by Crippen LogP contribution is 2.17. The van der Waals surface area contributed by atoms with Crippen LogP contribution in [0, 0.1) is 0 Å². The van der Waals surface area contributed by atoms with E-state index in [-0.39, 0.29) is 5.91 Å². The smallest absolute Gasteiger partial charge is 0.224 e. The van der Waals surface area contributed by atoms with Gasteiger partial charge in [0.25, 0.3) is 0 Å². The molecule has 0 saturated heterocycles. The third-order valence-electron chi connectivity index (χ3n) is 2.45. The van der Waals surface area contributed by atoms with Gasteiger partial charge in [-0.15, -0.1) is 0 Å². The highest BCUT2D eigenvalue weighted by Gasteiger charge is 2.03. The number of carbonyl (C=O) groups excluding carboxylic acids is 1. The van der Waals surface area contributed by atoms with Crippen LogP contribution in [0.2, 0.25) is 0 Å². The predicted octanol–water partition coefficient (Wildman–Crippen LogP) is 2.54. The van der Waals surface area contributed by atoms with Gasteiger partial charge in [-0.05, 0) is 37.9 Å². The molecular formula is C14H22N2O2. The van der Waals surface area contributed by atoms with Gasteiger partial charge in [-0.1, -0.05) is 13.0 Å². The molecule has 0 unspecified atom stereocenters. The van der Waals surface area contributed by atoms with Gasteiger partial charge in [0.15, 0.2) is 0 Å². The Labute approximate surface area is 109 Å². The summed E-state index contributed by atoms with van der Waals surface area (Å²) in [5.41, 5.74) is 6.16. The van der Waals surface area contributed by atoms with Gasteiger partial charge in [-0.2, -0.15) is 0 Å². The molecule has 1 aromatic rings. The molecule has 0 aliphatic rings. The van der Waals surface area contributed by atoms with Crippen molar-refractivity contribution in [1.82, 2.24) is 0 Å². The molecular weight excluding hydrogens is 228 g/mol. The summed E-state index contributed by atoms with van der Waals surface area (Å²) in [4.78, 5) is 11.6. The van der Waals surface area contributed by atoms with Crippen molar-refractivity contribution in [3.05, 3.63) is 24.3 Å². The van der Waals surface area contributed by atoms with Gasteiger partial charge >= 0.3 is 0 Å². The average Bonchev–Trinajstić information content (AvgIpc) is 2.37. The summed E-state index contributed by atoms with van der Waals surface area (Å²) >= 11 is 0. The standard InChI is InChI=1S/C14H22N2O2/c1-2-10-18-13-7-5-6-12(11-13)16-14(17)8-3-4-9-15/h5-7,11H,2-4,8-10,15H2,1H3,(H,16,17). The van der Waals surface area contributed by atoms with E-state index in [0.29, 0.717) is 19.6 Å². The zero-order valence-electron chi connectivity index (χ0n) is 10.9. The van der Waals surface area contributed by atoms with E-state index in [1.54, 1.807) is 0 Å². The monoisotopic (exact) mass is 250 g/mol. The summed E-state index contributed by atoms with van der Waals surface area (Å²) in [5.74, 6) is 0.813. The molecule has 0 heterocycles. The van der Waals surface area contributed by atoms with Crippen molar-refractivity contribution in [2.45, 2.75) is 32.6 Å². The number of hydrogen-bond donors (Lipinski definition) is 2. The first-order valence-electron chi connectivity index (χ1n) is 6.49. The van der Waals surface area contributed by atoms with Gasteiger partial charge in [0.2, 0.25) is 5.91 Å². The number of nitrogens with one attached hydrogen (secondary N) is 1. The minimum atomic E-state index is 0.0242. The van der Waals surface area contributed by atoms with Gasteiger partial charge in [0, 0.05) is 18.2 Å². The molecule has 18 heavy (non-hydrogen) atoms. The zero-order valence-corrected chi connectivity index (χ0v) is 10.9. The summed E-state index contributed by atoms with van der Waals surface area (Å²) in [5, 5.41) is 2.86. The summed E-state index contributed by atoms with van der Waals surface area (Å²) < 4.78 is 5.51. The highest BCUT2D eigenvalue weighted by molar-refractivity contribution is 5.90. The molecule has 1 aromatic carbocycles. The largest absolute Gasteiger partial charge is 0.494 e. The maximum atomic E-state index is 11.6. The molecule has 0 aromatic heterocycles.